The molecular weight excluding hydrogens is 360 g/mol. The van der Waals surface area contributed by atoms with Crippen LogP contribution < -0.4 is 10.6 Å². The third-order valence-electron chi connectivity index (χ3n) is 4.14. The largest absolute Gasteiger partial charge is 0.480 e. The predicted octanol–water partition coefficient (Wildman–Crippen LogP) is 2.64. The zero-order chi connectivity index (χ0) is 17.7. The van der Waals surface area contributed by atoms with E-state index in [4.69, 9.17) is 5.11 Å². The Bertz CT molecular complexity index is 580. The van der Waals surface area contributed by atoms with E-state index in [2.05, 4.69) is 55.7 Å². The molecule has 1 aliphatic heterocycles. The third kappa shape index (κ3) is 6.53. The number of hydrogen-bond donors (Lipinski definition) is 3. The minimum Gasteiger partial charge on any atom is -0.480 e. The molecule has 0 spiro atoms. The molecule has 7 heteroatoms. The molecule has 2 rings (SSSR count). The number of carboxylic acid groups (broad SMARTS) is 1. The molecule has 3 N–H and O–H groups in total. The van der Waals surface area contributed by atoms with Gasteiger partial charge in [-0.2, -0.15) is 0 Å². The van der Waals surface area contributed by atoms with Crippen LogP contribution in [0.2, 0.25) is 0 Å². The lowest BCUT2D eigenvalue weighted by atomic mass is 9.96. The highest BCUT2D eigenvalue weighted by Gasteiger charge is 2.33. The number of halogens is 1. The van der Waals surface area contributed by atoms with Crippen molar-refractivity contribution in [3.63, 3.8) is 0 Å². The SMILES string of the molecule is CC(C)Cc1ccc(C(C)C2N[C@H](C(=O)NCC(=O)O)CS2)cc1.Cl. The molecule has 1 aliphatic rings. The van der Waals surface area contributed by atoms with E-state index < -0.39 is 5.97 Å². The summed E-state index contributed by atoms with van der Waals surface area (Å²) >= 11 is 1.71. The molecule has 0 radical (unpaired) electrons. The Labute approximate surface area is 159 Å². The Hall–Kier alpha value is -1.24. The van der Waals surface area contributed by atoms with Gasteiger partial charge in [0.15, 0.2) is 0 Å². The highest BCUT2D eigenvalue weighted by molar-refractivity contribution is 8.00. The van der Waals surface area contributed by atoms with Crippen LogP contribution in [0.1, 0.15) is 37.8 Å². The maximum atomic E-state index is 12.0. The van der Waals surface area contributed by atoms with E-state index in [0.29, 0.717) is 11.7 Å². The number of thioether (sulfide) groups is 1. The molecule has 1 fully saturated rings. The Balaban J connectivity index is 0.00000312. The smallest absolute Gasteiger partial charge is 0.322 e. The second kappa shape index (κ2) is 10.0. The first kappa shape index (κ1) is 21.8. The van der Waals surface area contributed by atoms with E-state index in [1.807, 2.05) is 0 Å². The number of rotatable bonds is 7. The van der Waals surface area contributed by atoms with Crippen molar-refractivity contribution in [1.82, 2.24) is 10.6 Å². The van der Waals surface area contributed by atoms with Crippen molar-refractivity contribution in [3.05, 3.63) is 35.4 Å². The maximum absolute atomic E-state index is 12.0. The van der Waals surface area contributed by atoms with E-state index in [1.54, 1.807) is 11.8 Å². The number of carboxylic acids is 1. The van der Waals surface area contributed by atoms with Crippen molar-refractivity contribution in [2.24, 2.45) is 5.92 Å². The molecule has 5 nitrogen and oxygen atoms in total. The monoisotopic (exact) mass is 386 g/mol. The number of nitrogens with one attached hydrogen (secondary N) is 2. The summed E-state index contributed by atoms with van der Waals surface area (Å²) in [6.07, 6.45) is 1.08. The summed E-state index contributed by atoms with van der Waals surface area (Å²) in [5, 5.41) is 14.5. The fourth-order valence-corrected chi connectivity index (χ4v) is 4.18. The maximum Gasteiger partial charge on any atom is 0.322 e. The molecular formula is C18H27ClN2O3S. The molecule has 0 saturated carbocycles. The lowest BCUT2D eigenvalue weighted by molar-refractivity contribution is -0.138. The van der Waals surface area contributed by atoms with Crippen molar-refractivity contribution >= 4 is 36.0 Å². The molecule has 2 unspecified atom stereocenters. The number of benzene rings is 1. The van der Waals surface area contributed by atoms with Gasteiger partial charge in [0, 0.05) is 11.7 Å². The molecule has 25 heavy (non-hydrogen) atoms. The van der Waals surface area contributed by atoms with Crippen molar-refractivity contribution in [2.75, 3.05) is 12.3 Å². The van der Waals surface area contributed by atoms with Gasteiger partial charge in [-0.05, 0) is 23.5 Å². The van der Waals surface area contributed by atoms with E-state index >= 15 is 0 Å². The third-order valence-corrected chi connectivity index (χ3v) is 5.57. The molecule has 1 heterocycles. The second-order valence-corrected chi connectivity index (χ2v) is 7.89. The topological polar surface area (TPSA) is 78.4 Å². The fourth-order valence-electron chi connectivity index (χ4n) is 2.82. The van der Waals surface area contributed by atoms with Crippen LogP contribution in [0.4, 0.5) is 0 Å². The summed E-state index contributed by atoms with van der Waals surface area (Å²) in [4.78, 5) is 22.5. The van der Waals surface area contributed by atoms with Crippen LogP contribution in [0, 0.1) is 5.92 Å². The van der Waals surface area contributed by atoms with Crippen LogP contribution >= 0.6 is 24.2 Å². The Morgan fingerprint density at radius 1 is 1.28 bits per heavy atom. The van der Waals surface area contributed by atoms with E-state index in [0.717, 1.165) is 6.42 Å². The Morgan fingerprint density at radius 3 is 2.48 bits per heavy atom. The average molecular weight is 387 g/mol. The van der Waals surface area contributed by atoms with Gasteiger partial charge in [-0.3, -0.25) is 14.9 Å². The van der Waals surface area contributed by atoms with E-state index in [9.17, 15) is 9.59 Å². The summed E-state index contributed by atoms with van der Waals surface area (Å²) in [7, 11) is 0. The summed E-state index contributed by atoms with van der Waals surface area (Å²) in [5.74, 6) is 0.310. The number of carbonyl (C=O) groups is 2. The summed E-state index contributed by atoms with van der Waals surface area (Å²) in [6, 6.07) is 8.37. The van der Waals surface area contributed by atoms with Crippen LogP contribution in [0.3, 0.4) is 0 Å². The first-order chi connectivity index (χ1) is 11.4. The molecule has 3 atom stereocenters. The van der Waals surface area contributed by atoms with Gasteiger partial charge in [0.1, 0.15) is 6.54 Å². The fraction of sp³-hybridized carbons (Fsp3) is 0.556. The molecule has 0 bridgehead atoms. The first-order valence-electron chi connectivity index (χ1n) is 8.32. The van der Waals surface area contributed by atoms with Gasteiger partial charge >= 0.3 is 5.97 Å². The Morgan fingerprint density at radius 2 is 1.92 bits per heavy atom. The van der Waals surface area contributed by atoms with Crippen LogP contribution in [-0.2, 0) is 16.0 Å². The molecule has 0 aromatic heterocycles. The van der Waals surface area contributed by atoms with Gasteiger partial charge in [-0.15, -0.1) is 24.2 Å². The van der Waals surface area contributed by atoms with Gasteiger partial charge in [-0.1, -0.05) is 45.0 Å². The normalized spacial score (nSPS) is 20.8. The molecule has 1 aromatic carbocycles. The van der Waals surface area contributed by atoms with Gasteiger partial charge in [0.05, 0.1) is 11.4 Å². The van der Waals surface area contributed by atoms with Crippen molar-refractivity contribution in [3.8, 4) is 0 Å². The number of aliphatic carboxylic acids is 1. The van der Waals surface area contributed by atoms with Crippen LogP contribution in [0.25, 0.3) is 0 Å². The predicted molar refractivity (Wildman–Crippen MR) is 104 cm³/mol. The molecule has 140 valence electrons. The highest BCUT2D eigenvalue weighted by atomic mass is 35.5. The van der Waals surface area contributed by atoms with Crippen molar-refractivity contribution < 1.29 is 14.7 Å². The quantitative estimate of drug-likeness (QED) is 0.671. The zero-order valence-electron chi connectivity index (χ0n) is 14.8. The van der Waals surface area contributed by atoms with Gasteiger partial charge in [-0.25, -0.2) is 0 Å². The van der Waals surface area contributed by atoms with E-state index in [1.165, 1.54) is 11.1 Å². The minimum atomic E-state index is -1.03. The standard InChI is InChI=1S/C18H26N2O3S.ClH/c1-11(2)8-13-4-6-14(7-5-13)12(3)18-20-15(10-24-18)17(23)19-9-16(21)22;/h4-7,11-12,15,18,20H,8-10H2,1-3H3,(H,19,23)(H,21,22);1H/t12?,15-,18?;/m0./s1. The van der Waals surface area contributed by atoms with Gasteiger partial charge < -0.3 is 10.4 Å². The summed E-state index contributed by atoms with van der Waals surface area (Å²) < 4.78 is 0. The lowest BCUT2D eigenvalue weighted by Crippen LogP contribution is -2.46. The molecule has 1 amide bonds. The number of hydrogen-bond acceptors (Lipinski definition) is 4. The van der Waals surface area contributed by atoms with Crippen molar-refractivity contribution in [1.29, 1.82) is 0 Å². The first-order valence-corrected chi connectivity index (χ1v) is 9.37. The average Bonchev–Trinajstić information content (AvgIpc) is 3.02. The van der Waals surface area contributed by atoms with Crippen molar-refractivity contribution in [2.45, 2.75) is 44.5 Å². The van der Waals surface area contributed by atoms with E-state index in [-0.39, 0.29) is 42.2 Å². The summed E-state index contributed by atoms with van der Waals surface area (Å²) in [5.41, 5.74) is 2.60. The van der Waals surface area contributed by atoms with Crippen LogP contribution in [-0.4, -0.2) is 40.7 Å². The molecule has 1 saturated heterocycles. The second-order valence-electron chi connectivity index (χ2n) is 6.71. The number of amides is 1. The number of carbonyl (C=O) groups excluding carboxylic acids is 1. The lowest BCUT2D eigenvalue weighted by Gasteiger charge is -2.21. The van der Waals surface area contributed by atoms with Crippen LogP contribution in [0.15, 0.2) is 24.3 Å². The van der Waals surface area contributed by atoms with Gasteiger partial charge in [0.2, 0.25) is 5.91 Å². The minimum absolute atomic E-state index is 0. The molecule has 1 aromatic rings. The Kier molecular flexibility index (Phi) is 8.76. The highest BCUT2D eigenvalue weighted by Crippen LogP contribution is 2.32. The van der Waals surface area contributed by atoms with Gasteiger partial charge in [0.25, 0.3) is 0 Å². The zero-order valence-corrected chi connectivity index (χ0v) is 16.5. The molecule has 0 aliphatic carbocycles. The summed E-state index contributed by atoms with van der Waals surface area (Å²) in [6.45, 7) is 6.25. The van der Waals surface area contributed by atoms with Crippen LogP contribution in [0.5, 0.6) is 0 Å².